The van der Waals surface area contributed by atoms with E-state index in [-0.39, 0.29) is 5.02 Å². The standard InChI is InChI=1S/C12H12ClFN2O/c1-8(17)10-5-15-16(7-10)6-9-2-3-12(14)11(13)4-9/h2-5,7-8,17H,6H2,1H3. The monoisotopic (exact) mass is 254 g/mol. The first-order valence-corrected chi connectivity index (χ1v) is 5.58. The number of hydrogen-bond acceptors (Lipinski definition) is 2. The molecule has 0 saturated carbocycles. The molecule has 0 aliphatic rings. The Balaban J connectivity index is 2.16. The van der Waals surface area contributed by atoms with Crippen LogP contribution in [0.3, 0.4) is 0 Å². The lowest BCUT2D eigenvalue weighted by molar-refractivity contribution is 0.199. The average Bonchev–Trinajstić information content (AvgIpc) is 2.72. The predicted molar refractivity (Wildman–Crippen MR) is 63.4 cm³/mol. The van der Waals surface area contributed by atoms with Crippen molar-refractivity contribution >= 4 is 11.6 Å². The lowest BCUT2D eigenvalue weighted by Crippen LogP contribution is -2.00. The molecule has 0 spiro atoms. The van der Waals surface area contributed by atoms with Crippen LogP contribution in [0.15, 0.2) is 30.6 Å². The normalized spacial score (nSPS) is 12.7. The smallest absolute Gasteiger partial charge is 0.141 e. The lowest BCUT2D eigenvalue weighted by Gasteiger charge is -2.03. The minimum Gasteiger partial charge on any atom is -0.389 e. The average molecular weight is 255 g/mol. The molecular formula is C12H12ClFN2O. The second-order valence-electron chi connectivity index (χ2n) is 3.90. The molecule has 1 aromatic heterocycles. The van der Waals surface area contributed by atoms with Gasteiger partial charge in [-0.2, -0.15) is 5.10 Å². The van der Waals surface area contributed by atoms with Gasteiger partial charge in [-0.05, 0) is 24.6 Å². The molecule has 1 heterocycles. The van der Waals surface area contributed by atoms with E-state index in [4.69, 9.17) is 11.6 Å². The summed E-state index contributed by atoms with van der Waals surface area (Å²) in [6, 6.07) is 4.56. The van der Waals surface area contributed by atoms with Gasteiger partial charge in [0.2, 0.25) is 0 Å². The molecule has 2 aromatic rings. The number of rotatable bonds is 3. The number of benzene rings is 1. The van der Waals surface area contributed by atoms with Gasteiger partial charge in [0.15, 0.2) is 0 Å². The van der Waals surface area contributed by atoms with Gasteiger partial charge < -0.3 is 5.11 Å². The third kappa shape index (κ3) is 2.84. The van der Waals surface area contributed by atoms with Crippen LogP contribution in [0.1, 0.15) is 24.2 Å². The molecule has 0 aliphatic carbocycles. The third-order valence-electron chi connectivity index (χ3n) is 2.46. The summed E-state index contributed by atoms with van der Waals surface area (Å²) in [5.74, 6) is -0.430. The van der Waals surface area contributed by atoms with Crippen LogP contribution in [0.5, 0.6) is 0 Å². The van der Waals surface area contributed by atoms with Gasteiger partial charge in [0.25, 0.3) is 0 Å². The summed E-state index contributed by atoms with van der Waals surface area (Å²) < 4.78 is 14.6. The van der Waals surface area contributed by atoms with Gasteiger partial charge in [0, 0.05) is 11.8 Å². The summed E-state index contributed by atoms with van der Waals surface area (Å²) >= 11 is 5.69. The Morgan fingerprint density at radius 1 is 1.53 bits per heavy atom. The van der Waals surface area contributed by atoms with Crippen molar-refractivity contribution in [2.24, 2.45) is 0 Å². The Labute approximate surface area is 103 Å². The first kappa shape index (κ1) is 12.1. The van der Waals surface area contributed by atoms with E-state index in [2.05, 4.69) is 5.10 Å². The Morgan fingerprint density at radius 3 is 2.88 bits per heavy atom. The van der Waals surface area contributed by atoms with Gasteiger partial charge in [0.05, 0.1) is 23.9 Å². The van der Waals surface area contributed by atoms with Crippen molar-refractivity contribution in [2.45, 2.75) is 19.6 Å². The zero-order chi connectivity index (χ0) is 12.4. The van der Waals surface area contributed by atoms with Gasteiger partial charge >= 0.3 is 0 Å². The highest BCUT2D eigenvalue weighted by Crippen LogP contribution is 2.17. The van der Waals surface area contributed by atoms with Crippen LogP contribution in [0.2, 0.25) is 5.02 Å². The minimum absolute atomic E-state index is 0.102. The fourth-order valence-corrected chi connectivity index (χ4v) is 1.71. The van der Waals surface area contributed by atoms with Crippen molar-refractivity contribution in [3.05, 3.63) is 52.6 Å². The second kappa shape index (κ2) is 4.85. The number of halogens is 2. The molecule has 1 unspecified atom stereocenters. The highest BCUT2D eigenvalue weighted by Gasteiger charge is 2.06. The van der Waals surface area contributed by atoms with E-state index < -0.39 is 11.9 Å². The third-order valence-corrected chi connectivity index (χ3v) is 2.75. The van der Waals surface area contributed by atoms with Crippen molar-refractivity contribution in [2.75, 3.05) is 0 Å². The topological polar surface area (TPSA) is 38.1 Å². The van der Waals surface area contributed by atoms with Crippen LogP contribution in [-0.4, -0.2) is 14.9 Å². The first-order chi connectivity index (χ1) is 8.06. The largest absolute Gasteiger partial charge is 0.389 e. The molecule has 0 bridgehead atoms. The summed E-state index contributed by atoms with van der Waals surface area (Å²) in [7, 11) is 0. The van der Waals surface area contributed by atoms with Gasteiger partial charge in [-0.15, -0.1) is 0 Å². The second-order valence-corrected chi connectivity index (χ2v) is 4.30. The van der Waals surface area contributed by atoms with E-state index in [1.165, 1.54) is 6.07 Å². The summed E-state index contributed by atoms with van der Waals surface area (Å²) in [4.78, 5) is 0. The van der Waals surface area contributed by atoms with Crippen molar-refractivity contribution in [1.29, 1.82) is 0 Å². The first-order valence-electron chi connectivity index (χ1n) is 5.20. The van der Waals surface area contributed by atoms with Crippen molar-refractivity contribution in [3.63, 3.8) is 0 Å². The molecule has 90 valence electrons. The molecule has 3 nitrogen and oxygen atoms in total. The SMILES string of the molecule is CC(O)c1cnn(Cc2ccc(F)c(Cl)c2)c1. The summed E-state index contributed by atoms with van der Waals surface area (Å²) in [5.41, 5.74) is 1.61. The van der Waals surface area contributed by atoms with Gasteiger partial charge in [0.1, 0.15) is 5.82 Å². The van der Waals surface area contributed by atoms with E-state index in [1.807, 2.05) is 0 Å². The Kier molecular flexibility index (Phi) is 3.45. The maximum Gasteiger partial charge on any atom is 0.141 e. The van der Waals surface area contributed by atoms with Gasteiger partial charge in [-0.25, -0.2) is 4.39 Å². The van der Waals surface area contributed by atoms with Crippen LogP contribution >= 0.6 is 11.6 Å². The van der Waals surface area contributed by atoms with E-state index in [1.54, 1.807) is 36.1 Å². The highest BCUT2D eigenvalue weighted by atomic mass is 35.5. The zero-order valence-electron chi connectivity index (χ0n) is 9.27. The number of nitrogens with zero attached hydrogens (tertiary/aromatic N) is 2. The van der Waals surface area contributed by atoms with Crippen molar-refractivity contribution in [3.8, 4) is 0 Å². The molecule has 0 saturated heterocycles. The quantitative estimate of drug-likeness (QED) is 0.915. The van der Waals surface area contributed by atoms with E-state index >= 15 is 0 Å². The number of aromatic nitrogens is 2. The molecule has 1 atom stereocenters. The van der Waals surface area contributed by atoms with Gasteiger partial charge in [-0.1, -0.05) is 17.7 Å². The van der Waals surface area contributed by atoms with Crippen LogP contribution in [0.4, 0.5) is 4.39 Å². The van der Waals surface area contributed by atoms with Crippen LogP contribution < -0.4 is 0 Å². The fourth-order valence-electron chi connectivity index (χ4n) is 1.51. The molecule has 5 heteroatoms. The number of aliphatic hydroxyl groups excluding tert-OH is 1. The Hall–Kier alpha value is -1.39. The van der Waals surface area contributed by atoms with Crippen LogP contribution in [0, 0.1) is 5.82 Å². The predicted octanol–water partition coefficient (Wildman–Crippen LogP) is 2.78. The molecule has 2 rings (SSSR count). The molecule has 1 N–H and O–H groups in total. The molecule has 1 aromatic carbocycles. The van der Waals surface area contributed by atoms with Crippen molar-refractivity contribution < 1.29 is 9.50 Å². The van der Waals surface area contributed by atoms with Crippen LogP contribution in [-0.2, 0) is 6.54 Å². The number of aliphatic hydroxyl groups is 1. The van der Waals surface area contributed by atoms with E-state index in [0.717, 1.165) is 11.1 Å². The Bertz CT molecular complexity index is 525. The van der Waals surface area contributed by atoms with E-state index in [0.29, 0.717) is 6.54 Å². The minimum atomic E-state index is -0.541. The molecule has 0 amide bonds. The zero-order valence-corrected chi connectivity index (χ0v) is 10.0. The molecule has 17 heavy (non-hydrogen) atoms. The maximum atomic E-state index is 13.0. The Morgan fingerprint density at radius 2 is 2.29 bits per heavy atom. The number of hydrogen-bond donors (Lipinski definition) is 1. The lowest BCUT2D eigenvalue weighted by atomic mass is 10.2. The summed E-state index contributed by atoms with van der Waals surface area (Å²) in [6.45, 7) is 2.17. The fraction of sp³-hybridized carbons (Fsp3) is 0.250. The van der Waals surface area contributed by atoms with Gasteiger partial charge in [-0.3, -0.25) is 4.68 Å². The summed E-state index contributed by atoms with van der Waals surface area (Å²) in [6.07, 6.45) is 2.82. The van der Waals surface area contributed by atoms with Crippen molar-refractivity contribution in [1.82, 2.24) is 9.78 Å². The molecule has 0 fully saturated rings. The highest BCUT2D eigenvalue weighted by molar-refractivity contribution is 6.30. The van der Waals surface area contributed by atoms with Crippen LogP contribution in [0.25, 0.3) is 0 Å². The summed E-state index contributed by atoms with van der Waals surface area (Å²) in [5, 5.41) is 13.6. The van der Waals surface area contributed by atoms with E-state index in [9.17, 15) is 9.50 Å². The molecule has 0 aliphatic heterocycles. The maximum absolute atomic E-state index is 13.0. The molecular weight excluding hydrogens is 243 g/mol. The molecule has 0 radical (unpaired) electrons.